The number of likely N-dealkylation sites (tertiary alicyclic amines) is 1. The molecule has 8 heteroatoms. The first-order valence-electron chi connectivity index (χ1n) is 8.12. The number of piperidine rings is 1. The smallest absolute Gasteiger partial charge is 0.410 e. The summed E-state index contributed by atoms with van der Waals surface area (Å²) < 4.78 is 31.1. The van der Waals surface area contributed by atoms with E-state index in [0.717, 1.165) is 0 Å². The van der Waals surface area contributed by atoms with Crippen molar-refractivity contribution in [2.75, 3.05) is 13.1 Å². The highest BCUT2D eigenvalue weighted by molar-refractivity contribution is 7.92. The molecule has 1 aliphatic heterocycles. The predicted octanol–water partition coefficient (Wildman–Crippen LogP) is 1.96. The molecule has 0 aromatic heterocycles. The van der Waals surface area contributed by atoms with Crippen molar-refractivity contribution >= 4 is 21.8 Å². The highest BCUT2D eigenvalue weighted by Gasteiger charge is 2.35. The Labute approximate surface area is 148 Å². The Balaban J connectivity index is 2.21. The average molecular weight is 368 g/mol. The van der Waals surface area contributed by atoms with E-state index in [1.54, 1.807) is 20.8 Å². The summed E-state index contributed by atoms with van der Waals surface area (Å²) in [5.41, 5.74) is 4.72. The van der Waals surface area contributed by atoms with Crippen LogP contribution < -0.4 is 5.73 Å². The maximum atomic E-state index is 12.9. The third kappa shape index (κ3) is 4.72. The van der Waals surface area contributed by atoms with Crippen LogP contribution in [0, 0.1) is 0 Å². The van der Waals surface area contributed by atoms with E-state index in [4.69, 9.17) is 10.5 Å². The summed E-state index contributed by atoms with van der Waals surface area (Å²) in [7, 11) is -3.69. The number of benzene rings is 1. The van der Waals surface area contributed by atoms with Gasteiger partial charge in [0, 0.05) is 18.7 Å². The lowest BCUT2D eigenvalue weighted by atomic mass is 10.1. The fourth-order valence-electron chi connectivity index (χ4n) is 2.70. The molecule has 0 bridgehead atoms. The van der Waals surface area contributed by atoms with Gasteiger partial charge in [-0.1, -0.05) is 6.07 Å². The first-order chi connectivity index (χ1) is 11.5. The second-order valence-corrected chi connectivity index (χ2v) is 9.36. The Hall–Kier alpha value is -2.09. The average Bonchev–Trinajstić information content (AvgIpc) is 2.53. The molecule has 1 aromatic rings. The molecule has 0 radical (unpaired) electrons. The lowest BCUT2D eigenvalue weighted by Gasteiger charge is -2.33. The first-order valence-corrected chi connectivity index (χ1v) is 9.67. The van der Waals surface area contributed by atoms with Crippen molar-refractivity contribution in [1.29, 1.82) is 0 Å². The van der Waals surface area contributed by atoms with Crippen molar-refractivity contribution in [2.45, 2.75) is 49.4 Å². The molecule has 1 saturated heterocycles. The summed E-state index contributed by atoms with van der Waals surface area (Å²) in [6.45, 7) is 5.81. The van der Waals surface area contributed by atoms with Gasteiger partial charge in [-0.25, -0.2) is 13.2 Å². The molecule has 1 atom stereocenters. The van der Waals surface area contributed by atoms with Crippen LogP contribution in [-0.2, 0) is 14.6 Å². The molecule has 2 amide bonds. The molecule has 0 aliphatic carbocycles. The Morgan fingerprint density at radius 1 is 1.28 bits per heavy atom. The quantitative estimate of drug-likeness (QED) is 0.877. The highest BCUT2D eigenvalue weighted by Crippen LogP contribution is 2.25. The Kier molecular flexibility index (Phi) is 5.41. The summed E-state index contributed by atoms with van der Waals surface area (Å²) in [6, 6.07) is 5.68. The molecule has 1 aromatic carbocycles. The first kappa shape index (κ1) is 19.2. The molecule has 1 aliphatic rings. The number of carbonyl (C=O) groups is 2. The Morgan fingerprint density at radius 2 is 1.96 bits per heavy atom. The van der Waals surface area contributed by atoms with Crippen LogP contribution in [0.4, 0.5) is 4.79 Å². The van der Waals surface area contributed by atoms with Crippen LogP contribution in [0.2, 0.25) is 0 Å². The van der Waals surface area contributed by atoms with Crippen LogP contribution in [0.25, 0.3) is 0 Å². The van der Waals surface area contributed by atoms with Gasteiger partial charge in [-0.15, -0.1) is 0 Å². The standard InChI is InChI=1S/C17H24N2O5S/c1-17(2,3)24-16(21)19-9-5-8-14(11-19)25(22,23)13-7-4-6-12(10-13)15(18)20/h4,6-7,10,14H,5,8-9,11H2,1-3H3,(H2,18,20)/t14-/m0/s1. The number of rotatable bonds is 3. The normalized spacial score (nSPS) is 18.7. The molecule has 7 nitrogen and oxygen atoms in total. The van der Waals surface area contributed by atoms with E-state index in [1.807, 2.05) is 0 Å². The zero-order valence-corrected chi connectivity index (χ0v) is 15.5. The van der Waals surface area contributed by atoms with E-state index in [-0.39, 0.29) is 17.0 Å². The molecule has 0 saturated carbocycles. The van der Waals surface area contributed by atoms with Gasteiger partial charge in [-0.3, -0.25) is 4.79 Å². The number of hydrogen-bond donors (Lipinski definition) is 1. The van der Waals surface area contributed by atoms with Gasteiger partial charge < -0.3 is 15.4 Å². The number of primary amides is 1. The number of nitrogens with two attached hydrogens (primary N) is 1. The minimum absolute atomic E-state index is 0.0415. The fraction of sp³-hybridized carbons (Fsp3) is 0.529. The van der Waals surface area contributed by atoms with Gasteiger partial charge >= 0.3 is 6.09 Å². The molecule has 2 rings (SSSR count). The number of ether oxygens (including phenoxy) is 1. The molecular weight excluding hydrogens is 344 g/mol. The summed E-state index contributed by atoms with van der Waals surface area (Å²) in [5.74, 6) is -0.684. The van der Waals surface area contributed by atoms with Crippen LogP contribution in [0.5, 0.6) is 0 Å². The summed E-state index contributed by atoms with van der Waals surface area (Å²) in [4.78, 5) is 25.0. The zero-order valence-electron chi connectivity index (χ0n) is 14.7. The van der Waals surface area contributed by atoms with Crippen molar-refractivity contribution in [3.63, 3.8) is 0 Å². The molecule has 25 heavy (non-hydrogen) atoms. The number of sulfone groups is 1. The highest BCUT2D eigenvalue weighted by atomic mass is 32.2. The van der Waals surface area contributed by atoms with Crippen LogP contribution in [0.1, 0.15) is 44.0 Å². The van der Waals surface area contributed by atoms with Crippen LogP contribution in [-0.4, -0.2) is 49.3 Å². The monoisotopic (exact) mass is 368 g/mol. The van der Waals surface area contributed by atoms with Gasteiger partial charge in [0.05, 0.1) is 10.1 Å². The number of amides is 2. The van der Waals surface area contributed by atoms with E-state index >= 15 is 0 Å². The number of carbonyl (C=O) groups excluding carboxylic acids is 2. The van der Waals surface area contributed by atoms with Crippen LogP contribution >= 0.6 is 0 Å². The van der Waals surface area contributed by atoms with Gasteiger partial charge in [-0.2, -0.15) is 0 Å². The molecule has 0 unspecified atom stereocenters. The van der Waals surface area contributed by atoms with Gasteiger partial charge in [0.2, 0.25) is 5.91 Å². The summed E-state index contributed by atoms with van der Waals surface area (Å²) in [6.07, 6.45) is 0.499. The number of nitrogens with zero attached hydrogens (tertiary/aromatic N) is 1. The molecule has 0 spiro atoms. The van der Waals surface area contributed by atoms with E-state index < -0.39 is 32.7 Å². The van der Waals surface area contributed by atoms with E-state index in [1.165, 1.54) is 29.2 Å². The van der Waals surface area contributed by atoms with E-state index in [0.29, 0.717) is 19.4 Å². The van der Waals surface area contributed by atoms with Crippen LogP contribution in [0.15, 0.2) is 29.2 Å². The maximum absolute atomic E-state index is 12.9. The van der Waals surface area contributed by atoms with Gasteiger partial charge in [0.25, 0.3) is 0 Å². The largest absolute Gasteiger partial charge is 0.444 e. The van der Waals surface area contributed by atoms with Gasteiger partial charge in [-0.05, 0) is 51.8 Å². The van der Waals surface area contributed by atoms with Gasteiger partial charge in [0.15, 0.2) is 9.84 Å². The Bertz CT molecular complexity index is 767. The molecule has 2 N–H and O–H groups in total. The van der Waals surface area contributed by atoms with Crippen molar-refractivity contribution in [3.8, 4) is 0 Å². The minimum Gasteiger partial charge on any atom is -0.444 e. The number of hydrogen-bond acceptors (Lipinski definition) is 5. The SMILES string of the molecule is CC(C)(C)OC(=O)N1CCC[C@H](S(=O)(=O)c2cccc(C(N)=O)c2)C1. The molecular formula is C17H24N2O5S. The summed E-state index contributed by atoms with van der Waals surface area (Å²) >= 11 is 0. The fourth-order valence-corrected chi connectivity index (χ4v) is 4.50. The second kappa shape index (κ2) is 7.03. The minimum atomic E-state index is -3.69. The lowest BCUT2D eigenvalue weighted by Crippen LogP contribution is -2.47. The maximum Gasteiger partial charge on any atom is 0.410 e. The van der Waals surface area contributed by atoms with Crippen molar-refractivity contribution in [2.24, 2.45) is 5.73 Å². The van der Waals surface area contributed by atoms with E-state index in [2.05, 4.69) is 0 Å². The van der Waals surface area contributed by atoms with Crippen molar-refractivity contribution in [3.05, 3.63) is 29.8 Å². The van der Waals surface area contributed by atoms with Crippen LogP contribution in [0.3, 0.4) is 0 Å². The predicted molar refractivity (Wildman–Crippen MR) is 93.0 cm³/mol. The van der Waals surface area contributed by atoms with Crippen molar-refractivity contribution < 1.29 is 22.7 Å². The molecule has 138 valence electrons. The summed E-state index contributed by atoms with van der Waals surface area (Å²) in [5, 5.41) is -0.739. The lowest BCUT2D eigenvalue weighted by molar-refractivity contribution is 0.0219. The molecule has 1 heterocycles. The van der Waals surface area contributed by atoms with E-state index in [9.17, 15) is 18.0 Å². The topological polar surface area (TPSA) is 107 Å². The second-order valence-electron chi connectivity index (χ2n) is 7.13. The van der Waals surface area contributed by atoms with Crippen molar-refractivity contribution in [1.82, 2.24) is 4.90 Å². The zero-order chi connectivity index (χ0) is 18.8. The third-order valence-electron chi connectivity index (χ3n) is 3.92. The Morgan fingerprint density at radius 3 is 2.56 bits per heavy atom. The van der Waals surface area contributed by atoms with Gasteiger partial charge in [0.1, 0.15) is 5.60 Å². The molecule has 1 fully saturated rings. The third-order valence-corrected chi connectivity index (χ3v) is 6.09.